The molecule has 23 heavy (non-hydrogen) atoms. The summed E-state index contributed by atoms with van der Waals surface area (Å²) >= 11 is 0. The first-order valence-electron chi connectivity index (χ1n) is 8.62. The minimum absolute atomic E-state index is 0.276. The second-order valence-electron chi connectivity index (χ2n) is 5.68. The van der Waals surface area contributed by atoms with E-state index in [2.05, 4.69) is 53.5 Å². The van der Waals surface area contributed by atoms with Crippen molar-refractivity contribution in [1.29, 1.82) is 0 Å². The van der Waals surface area contributed by atoms with Crippen molar-refractivity contribution in [1.82, 2.24) is 25.4 Å². The van der Waals surface area contributed by atoms with Gasteiger partial charge in [-0.1, -0.05) is 13.8 Å². The highest BCUT2D eigenvalue weighted by Gasteiger charge is 2.13. The zero-order chi connectivity index (χ0) is 17.1. The fraction of sp³-hybridized carbons (Fsp3) is 0.812. The summed E-state index contributed by atoms with van der Waals surface area (Å²) in [5.41, 5.74) is 0. The van der Waals surface area contributed by atoms with Crippen molar-refractivity contribution in [2.75, 3.05) is 19.7 Å². The van der Waals surface area contributed by atoms with Gasteiger partial charge in [0.25, 0.3) is 0 Å². The second-order valence-corrected chi connectivity index (χ2v) is 5.68. The molecule has 7 heteroatoms. The quantitative estimate of drug-likeness (QED) is 0.507. The minimum atomic E-state index is 0.276. The van der Waals surface area contributed by atoms with Crippen LogP contribution in [0.4, 0.5) is 0 Å². The molecular weight excluding hydrogens is 292 g/mol. The van der Waals surface area contributed by atoms with Crippen LogP contribution in [0.3, 0.4) is 0 Å². The van der Waals surface area contributed by atoms with Gasteiger partial charge in [-0.25, -0.2) is 4.99 Å². The lowest BCUT2D eigenvalue weighted by atomic mass is 10.0. The summed E-state index contributed by atoms with van der Waals surface area (Å²) in [5, 5.41) is 14.7. The highest BCUT2D eigenvalue weighted by molar-refractivity contribution is 5.79. The molecule has 1 rings (SSSR count). The lowest BCUT2D eigenvalue weighted by Gasteiger charge is -2.21. The van der Waals surface area contributed by atoms with Gasteiger partial charge in [0.05, 0.1) is 6.10 Å². The van der Waals surface area contributed by atoms with Crippen LogP contribution >= 0.6 is 0 Å². The van der Waals surface area contributed by atoms with E-state index < -0.39 is 0 Å². The zero-order valence-corrected chi connectivity index (χ0v) is 15.2. The molecule has 0 aliphatic heterocycles. The fourth-order valence-electron chi connectivity index (χ4n) is 2.31. The number of aryl methyl sites for hydroxylation is 1. The van der Waals surface area contributed by atoms with E-state index in [0.717, 1.165) is 44.4 Å². The van der Waals surface area contributed by atoms with E-state index in [0.29, 0.717) is 12.5 Å². The molecule has 0 amide bonds. The Kier molecular flexibility index (Phi) is 9.28. The number of ether oxygens (including phenoxy) is 1. The third-order valence-corrected chi connectivity index (χ3v) is 3.60. The van der Waals surface area contributed by atoms with Gasteiger partial charge in [0.15, 0.2) is 11.8 Å². The largest absolute Gasteiger partial charge is 0.378 e. The maximum atomic E-state index is 5.77. The van der Waals surface area contributed by atoms with Crippen molar-refractivity contribution < 1.29 is 4.74 Å². The molecule has 1 unspecified atom stereocenters. The predicted octanol–water partition coefficient (Wildman–Crippen LogP) is 1.80. The molecule has 1 heterocycles. The van der Waals surface area contributed by atoms with Crippen LogP contribution in [0.1, 0.15) is 46.9 Å². The number of aliphatic imine (C=N–C) groups is 1. The van der Waals surface area contributed by atoms with Crippen LogP contribution in [0, 0.1) is 5.92 Å². The van der Waals surface area contributed by atoms with E-state index in [-0.39, 0.29) is 6.10 Å². The molecule has 0 aliphatic carbocycles. The number of nitrogens with zero attached hydrogens (tertiary/aromatic N) is 4. The summed E-state index contributed by atoms with van der Waals surface area (Å²) in [5.74, 6) is 2.19. The number of aromatic nitrogens is 3. The summed E-state index contributed by atoms with van der Waals surface area (Å²) in [4.78, 5) is 4.58. The molecule has 0 spiro atoms. The Labute approximate surface area is 139 Å². The van der Waals surface area contributed by atoms with Crippen molar-refractivity contribution in [2.45, 2.75) is 60.2 Å². The maximum absolute atomic E-state index is 5.77. The lowest BCUT2D eigenvalue weighted by Crippen LogP contribution is -2.39. The standard InChI is InChI=1S/C16H32N6O/c1-6-17-16(18-10-9-14(13(4)5)23-8-3)19-11-15-21-20-12-22(15)7-2/h12-14H,6-11H2,1-5H3,(H2,17,18,19). The summed E-state index contributed by atoms with van der Waals surface area (Å²) < 4.78 is 7.77. The maximum Gasteiger partial charge on any atom is 0.191 e. The van der Waals surface area contributed by atoms with Crippen LogP contribution in [-0.2, 0) is 17.8 Å². The van der Waals surface area contributed by atoms with E-state index in [9.17, 15) is 0 Å². The smallest absolute Gasteiger partial charge is 0.191 e. The number of nitrogens with one attached hydrogen (secondary N) is 2. The zero-order valence-electron chi connectivity index (χ0n) is 15.2. The van der Waals surface area contributed by atoms with Crippen LogP contribution in [0.2, 0.25) is 0 Å². The Morgan fingerprint density at radius 3 is 2.70 bits per heavy atom. The molecule has 0 aliphatic rings. The van der Waals surface area contributed by atoms with Crippen molar-refractivity contribution in [2.24, 2.45) is 10.9 Å². The monoisotopic (exact) mass is 324 g/mol. The molecule has 0 bridgehead atoms. The molecule has 1 aromatic rings. The Balaban J connectivity index is 2.52. The van der Waals surface area contributed by atoms with Gasteiger partial charge in [-0.2, -0.15) is 0 Å². The van der Waals surface area contributed by atoms with Gasteiger partial charge in [-0.15, -0.1) is 10.2 Å². The second kappa shape index (κ2) is 11.0. The molecule has 2 N–H and O–H groups in total. The van der Waals surface area contributed by atoms with Crippen molar-refractivity contribution in [3.05, 3.63) is 12.2 Å². The molecule has 0 aromatic carbocycles. The number of guanidine groups is 1. The Morgan fingerprint density at radius 2 is 2.09 bits per heavy atom. The molecule has 0 saturated heterocycles. The van der Waals surface area contributed by atoms with E-state index in [1.54, 1.807) is 6.33 Å². The number of hydrogen-bond acceptors (Lipinski definition) is 4. The topological polar surface area (TPSA) is 76.4 Å². The summed E-state index contributed by atoms with van der Waals surface area (Å²) in [6.45, 7) is 14.3. The Hall–Kier alpha value is -1.63. The molecule has 0 saturated carbocycles. The highest BCUT2D eigenvalue weighted by Crippen LogP contribution is 2.09. The van der Waals surface area contributed by atoms with Gasteiger partial charge in [0.2, 0.25) is 0 Å². The Morgan fingerprint density at radius 1 is 1.30 bits per heavy atom. The molecular formula is C16H32N6O. The van der Waals surface area contributed by atoms with Gasteiger partial charge >= 0.3 is 0 Å². The van der Waals surface area contributed by atoms with E-state index in [1.807, 2.05) is 11.5 Å². The molecule has 132 valence electrons. The van der Waals surface area contributed by atoms with E-state index in [4.69, 9.17) is 4.74 Å². The lowest BCUT2D eigenvalue weighted by molar-refractivity contribution is 0.0258. The van der Waals surface area contributed by atoms with Crippen LogP contribution in [0.25, 0.3) is 0 Å². The van der Waals surface area contributed by atoms with Crippen molar-refractivity contribution in [3.63, 3.8) is 0 Å². The average molecular weight is 324 g/mol. The molecule has 1 atom stereocenters. The van der Waals surface area contributed by atoms with Crippen molar-refractivity contribution >= 4 is 5.96 Å². The Bertz CT molecular complexity index is 457. The van der Waals surface area contributed by atoms with Crippen LogP contribution < -0.4 is 10.6 Å². The third-order valence-electron chi connectivity index (χ3n) is 3.60. The summed E-state index contributed by atoms with van der Waals surface area (Å²) in [6, 6.07) is 0. The summed E-state index contributed by atoms with van der Waals surface area (Å²) in [7, 11) is 0. The van der Waals surface area contributed by atoms with Crippen molar-refractivity contribution in [3.8, 4) is 0 Å². The predicted molar refractivity (Wildman–Crippen MR) is 93.4 cm³/mol. The normalized spacial score (nSPS) is 13.4. The number of rotatable bonds is 10. The first-order chi connectivity index (χ1) is 11.1. The molecule has 7 nitrogen and oxygen atoms in total. The van der Waals surface area contributed by atoms with Crippen LogP contribution in [0.5, 0.6) is 0 Å². The molecule has 0 fully saturated rings. The van der Waals surface area contributed by atoms with Gasteiger partial charge in [0, 0.05) is 26.2 Å². The number of hydrogen-bond donors (Lipinski definition) is 2. The SMILES string of the molecule is CCNC(=NCc1nncn1CC)NCCC(OCC)C(C)C. The van der Waals surface area contributed by atoms with Gasteiger partial charge < -0.3 is 19.9 Å². The van der Waals surface area contributed by atoms with Crippen LogP contribution in [0.15, 0.2) is 11.3 Å². The van der Waals surface area contributed by atoms with Gasteiger partial charge in [0.1, 0.15) is 12.9 Å². The first-order valence-corrected chi connectivity index (χ1v) is 8.62. The fourth-order valence-corrected chi connectivity index (χ4v) is 2.31. The molecule has 1 aromatic heterocycles. The highest BCUT2D eigenvalue weighted by atomic mass is 16.5. The average Bonchev–Trinajstić information content (AvgIpc) is 2.99. The minimum Gasteiger partial charge on any atom is -0.378 e. The van der Waals surface area contributed by atoms with E-state index >= 15 is 0 Å². The first kappa shape index (κ1) is 19.4. The van der Waals surface area contributed by atoms with Gasteiger partial charge in [-0.3, -0.25) is 0 Å². The summed E-state index contributed by atoms with van der Waals surface area (Å²) in [6.07, 6.45) is 2.97. The third kappa shape index (κ3) is 6.99. The van der Waals surface area contributed by atoms with E-state index in [1.165, 1.54) is 0 Å². The van der Waals surface area contributed by atoms with Crippen LogP contribution in [-0.4, -0.2) is 46.5 Å². The van der Waals surface area contributed by atoms with Gasteiger partial charge in [-0.05, 0) is 33.1 Å². The molecule has 0 radical (unpaired) electrons.